The third-order valence-corrected chi connectivity index (χ3v) is 1.70. The minimum atomic E-state index is -1.29. The molecule has 0 aliphatic carbocycles. The average Bonchev–Trinajstić information content (AvgIpc) is 2.05. The molecule has 0 radical (unpaired) electrons. The zero-order valence-electron chi connectivity index (χ0n) is 7.15. The van der Waals surface area contributed by atoms with Gasteiger partial charge in [-0.1, -0.05) is 0 Å². The van der Waals surface area contributed by atoms with Crippen molar-refractivity contribution in [3.63, 3.8) is 0 Å². The molecule has 0 saturated carbocycles. The fraction of sp³-hybridized carbons (Fsp3) is 0.500. The molecule has 0 aliphatic heterocycles. The summed E-state index contributed by atoms with van der Waals surface area (Å²) >= 11 is 0. The van der Waals surface area contributed by atoms with E-state index in [0.717, 1.165) is 0 Å². The highest BCUT2D eigenvalue weighted by molar-refractivity contribution is 5.16. The molecule has 0 bridgehead atoms. The van der Waals surface area contributed by atoms with Crippen LogP contribution in [0.1, 0.15) is 18.3 Å². The Hall–Kier alpha value is -1.00. The molecule has 1 atom stereocenters. The van der Waals surface area contributed by atoms with Gasteiger partial charge in [0.2, 0.25) is 0 Å². The van der Waals surface area contributed by atoms with Gasteiger partial charge in [-0.25, -0.2) is 0 Å². The van der Waals surface area contributed by atoms with Crippen molar-refractivity contribution in [1.29, 1.82) is 0 Å². The van der Waals surface area contributed by atoms with Gasteiger partial charge in [0.05, 0.1) is 18.0 Å². The summed E-state index contributed by atoms with van der Waals surface area (Å²) in [5, 5.41) is 18.5. The summed E-state index contributed by atoms with van der Waals surface area (Å²) in [6.45, 7) is 2.89. The topological polar surface area (TPSA) is 66.2 Å². The van der Waals surface area contributed by atoms with E-state index in [4.69, 9.17) is 5.11 Å². The van der Waals surface area contributed by atoms with Gasteiger partial charge in [0.15, 0.2) is 0 Å². The smallest absolute Gasteiger partial charge is 0.128 e. The van der Waals surface area contributed by atoms with Crippen LogP contribution in [0.25, 0.3) is 0 Å². The number of hydrogen-bond donors (Lipinski definition) is 2. The van der Waals surface area contributed by atoms with Gasteiger partial charge in [0, 0.05) is 12.4 Å². The predicted octanol–water partition coefficient (Wildman–Crippen LogP) is -0.0152. The van der Waals surface area contributed by atoms with Gasteiger partial charge < -0.3 is 10.2 Å². The Morgan fingerprint density at radius 3 is 2.50 bits per heavy atom. The van der Waals surface area contributed by atoms with E-state index >= 15 is 0 Å². The molecule has 1 heterocycles. The van der Waals surface area contributed by atoms with E-state index in [1.807, 2.05) is 0 Å². The lowest BCUT2D eigenvalue weighted by atomic mass is 10.0. The van der Waals surface area contributed by atoms with Crippen LogP contribution < -0.4 is 0 Å². The quantitative estimate of drug-likeness (QED) is 0.651. The monoisotopic (exact) mass is 168 g/mol. The molecule has 4 heteroatoms. The molecule has 0 aliphatic rings. The maximum atomic E-state index is 9.62. The fourth-order valence-corrected chi connectivity index (χ4v) is 1.01. The number of aliphatic hydroxyl groups excluding tert-OH is 1. The van der Waals surface area contributed by atoms with E-state index in [0.29, 0.717) is 11.4 Å². The number of hydrogen-bond acceptors (Lipinski definition) is 4. The van der Waals surface area contributed by atoms with Crippen LogP contribution in [-0.4, -0.2) is 26.8 Å². The number of aryl methyl sites for hydroxylation is 1. The normalized spacial score (nSPS) is 15.7. The number of aromatic nitrogens is 2. The summed E-state index contributed by atoms with van der Waals surface area (Å²) in [5.41, 5.74) is -0.234. The van der Waals surface area contributed by atoms with Crippen molar-refractivity contribution in [2.24, 2.45) is 0 Å². The van der Waals surface area contributed by atoms with Crippen molar-refractivity contribution in [1.82, 2.24) is 9.97 Å². The molecular formula is C8H12N2O2. The third-order valence-electron chi connectivity index (χ3n) is 1.70. The van der Waals surface area contributed by atoms with Crippen molar-refractivity contribution in [2.75, 3.05) is 6.61 Å². The highest BCUT2D eigenvalue weighted by atomic mass is 16.3. The molecule has 1 aromatic heterocycles. The van der Waals surface area contributed by atoms with Crippen molar-refractivity contribution in [3.05, 3.63) is 23.8 Å². The van der Waals surface area contributed by atoms with Crippen LogP contribution >= 0.6 is 0 Å². The van der Waals surface area contributed by atoms with Gasteiger partial charge in [-0.05, 0) is 13.8 Å². The Morgan fingerprint density at radius 2 is 2.00 bits per heavy atom. The molecule has 4 nitrogen and oxygen atoms in total. The molecule has 0 fully saturated rings. The molecule has 0 amide bonds. The van der Waals surface area contributed by atoms with Crippen molar-refractivity contribution in [2.45, 2.75) is 19.4 Å². The van der Waals surface area contributed by atoms with E-state index in [2.05, 4.69) is 9.97 Å². The van der Waals surface area contributed by atoms with Gasteiger partial charge >= 0.3 is 0 Å². The molecule has 12 heavy (non-hydrogen) atoms. The molecule has 0 aromatic carbocycles. The summed E-state index contributed by atoms with van der Waals surface area (Å²) in [5.74, 6) is 0. The second kappa shape index (κ2) is 3.16. The highest BCUT2D eigenvalue weighted by Crippen LogP contribution is 2.18. The van der Waals surface area contributed by atoms with Gasteiger partial charge in [0.1, 0.15) is 5.60 Å². The maximum Gasteiger partial charge on any atom is 0.128 e. The lowest BCUT2D eigenvalue weighted by Crippen LogP contribution is -2.28. The number of nitrogens with zero attached hydrogens (tertiary/aromatic N) is 2. The van der Waals surface area contributed by atoms with Crippen LogP contribution in [-0.2, 0) is 5.60 Å². The van der Waals surface area contributed by atoms with E-state index in [1.165, 1.54) is 13.1 Å². The van der Waals surface area contributed by atoms with E-state index in [1.54, 1.807) is 13.1 Å². The summed E-state index contributed by atoms with van der Waals surface area (Å²) in [4.78, 5) is 7.91. The summed E-state index contributed by atoms with van der Waals surface area (Å²) in [6.07, 6.45) is 3.04. The predicted molar refractivity (Wildman–Crippen MR) is 43.4 cm³/mol. The lowest BCUT2D eigenvalue weighted by molar-refractivity contribution is -0.00675. The zero-order chi connectivity index (χ0) is 9.19. The van der Waals surface area contributed by atoms with Crippen LogP contribution in [0.5, 0.6) is 0 Å². The number of aliphatic hydroxyl groups is 2. The Balaban J connectivity index is 3.10. The largest absolute Gasteiger partial charge is 0.393 e. The van der Waals surface area contributed by atoms with Crippen molar-refractivity contribution in [3.8, 4) is 0 Å². The first-order chi connectivity index (χ1) is 5.58. The van der Waals surface area contributed by atoms with Crippen molar-refractivity contribution >= 4 is 0 Å². The number of rotatable bonds is 2. The fourth-order valence-electron chi connectivity index (χ4n) is 1.01. The zero-order valence-corrected chi connectivity index (χ0v) is 7.15. The minimum Gasteiger partial charge on any atom is -0.393 e. The highest BCUT2D eigenvalue weighted by Gasteiger charge is 2.25. The van der Waals surface area contributed by atoms with Gasteiger partial charge in [-0.2, -0.15) is 0 Å². The van der Waals surface area contributed by atoms with E-state index < -0.39 is 5.60 Å². The third kappa shape index (κ3) is 1.60. The SMILES string of the molecule is Cc1nccnc1C(C)(O)CO. The Kier molecular flexibility index (Phi) is 2.40. The maximum absolute atomic E-state index is 9.62. The standard InChI is InChI=1S/C8H12N2O2/c1-6-7(8(2,12)5-11)10-4-3-9-6/h3-4,11-12H,5H2,1-2H3. The van der Waals surface area contributed by atoms with Gasteiger partial charge in [0.25, 0.3) is 0 Å². The first kappa shape index (κ1) is 9.09. The van der Waals surface area contributed by atoms with Gasteiger partial charge in [-0.15, -0.1) is 0 Å². The second-order valence-corrected chi connectivity index (χ2v) is 2.92. The van der Waals surface area contributed by atoms with E-state index in [-0.39, 0.29) is 6.61 Å². The first-order valence-electron chi connectivity index (χ1n) is 3.69. The van der Waals surface area contributed by atoms with Crippen LogP contribution in [0.4, 0.5) is 0 Å². The van der Waals surface area contributed by atoms with Crippen LogP contribution in [0.3, 0.4) is 0 Å². The van der Waals surface area contributed by atoms with Crippen molar-refractivity contribution < 1.29 is 10.2 Å². The van der Waals surface area contributed by atoms with Gasteiger partial charge in [-0.3, -0.25) is 9.97 Å². The van der Waals surface area contributed by atoms with Crippen LogP contribution in [0.2, 0.25) is 0 Å². The molecule has 1 aromatic rings. The Morgan fingerprint density at radius 1 is 1.42 bits per heavy atom. The molecule has 0 saturated heterocycles. The molecule has 66 valence electrons. The molecule has 0 spiro atoms. The molecular weight excluding hydrogens is 156 g/mol. The lowest BCUT2D eigenvalue weighted by Gasteiger charge is -2.20. The summed E-state index contributed by atoms with van der Waals surface area (Å²) < 4.78 is 0. The first-order valence-corrected chi connectivity index (χ1v) is 3.69. The Bertz CT molecular complexity index is 274. The summed E-state index contributed by atoms with van der Waals surface area (Å²) in [7, 11) is 0. The average molecular weight is 168 g/mol. The second-order valence-electron chi connectivity index (χ2n) is 2.92. The minimum absolute atomic E-state index is 0.355. The molecule has 1 unspecified atom stereocenters. The van der Waals surface area contributed by atoms with E-state index in [9.17, 15) is 5.11 Å². The van der Waals surface area contributed by atoms with Crippen LogP contribution in [0.15, 0.2) is 12.4 Å². The molecule has 2 N–H and O–H groups in total. The molecule has 1 rings (SSSR count). The Labute approximate surface area is 70.9 Å². The summed E-state index contributed by atoms with van der Waals surface area (Å²) in [6, 6.07) is 0. The van der Waals surface area contributed by atoms with Crippen LogP contribution in [0, 0.1) is 6.92 Å².